The Kier molecular flexibility index (Phi) is 1.20. The van der Waals surface area contributed by atoms with Crippen LogP contribution in [0.4, 0.5) is 11.4 Å². The number of nitrogens with zero attached hydrogens (tertiary/aromatic N) is 1. The predicted octanol–water partition coefficient (Wildman–Crippen LogP) is 1.64. The first-order chi connectivity index (χ1) is 5.20. The molecule has 0 bridgehead atoms. The molecule has 2 heteroatoms. The van der Waals surface area contributed by atoms with Crippen LogP contribution in [-0.2, 0) is 0 Å². The Balaban J connectivity index is 2.56. The lowest BCUT2D eigenvalue weighted by Gasteiger charge is -2.21. The number of fused-ring (bicyclic) bond motifs is 1. The number of hydrogen-bond donors (Lipinski definition) is 1. The predicted molar refractivity (Wildman–Crippen MR) is 48.6 cm³/mol. The van der Waals surface area contributed by atoms with Crippen molar-refractivity contribution < 1.29 is 0 Å². The number of nitrogens with one attached hydrogen (secondary N) is 1. The molecule has 1 aromatic rings. The fourth-order valence-corrected chi connectivity index (χ4v) is 1.52. The van der Waals surface area contributed by atoms with E-state index in [1.165, 1.54) is 11.4 Å². The van der Waals surface area contributed by atoms with E-state index in [0.717, 1.165) is 11.2 Å². The molecule has 0 fully saturated rings. The van der Waals surface area contributed by atoms with Crippen molar-refractivity contribution in [3.63, 3.8) is 0 Å². The first-order valence-corrected chi connectivity index (χ1v) is 3.87. The zero-order chi connectivity index (χ0) is 7.90. The zero-order valence-electron chi connectivity index (χ0n) is 6.96. The summed E-state index contributed by atoms with van der Waals surface area (Å²) in [6.45, 7) is 0.999. The average Bonchev–Trinajstić information content (AvgIpc) is 2.29. The fraction of sp³-hybridized carbons (Fsp3) is 0.333. The summed E-state index contributed by atoms with van der Waals surface area (Å²) in [6.07, 6.45) is 0. The molecule has 11 heavy (non-hydrogen) atoms. The molecule has 0 saturated heterocycles. The summed E-state index contributed by atoms with van der Waals surface area (Å²) < 4.78 is 0.941. The molecule has 0 aromatic heterocycles. The van der Waals surface area contributed by atoms with Gasteiger partial charge in [0.1, 0.15) is 5.69 Å². The minimum Gasteiger partial charge on any atom is -0.334 e. The smallest absolute Gasteiger partial charge is 0.157 e. The Hall–Kier alpha value is -1.02. The van der Waals surface area contributed by atoms with Crippen molar-refractivity contribution in [2.24, 2.45) is 0 Å². The number of rotatable bonds is 0. The van der Waals surface area contributed by atoms with E-state index in [9.17, 15) is 0 Å². The monoisotopic (exact) mass is 149 g/mol. The van der Waals surface area contributed by atoms with Gasteiger partial charge in [-0.2, -0.15) is 0 Å². The topological polar surface area (TPSA) is 12.0 Å². The quantitative estimate of drug-likeness (QED) is 0.553. The second-order valence-corrected chi connectivity index (χ2v) is 3.54. The van der Waals surface area contributed by atoms with Crippen LogP contribution in [0.25, 0.3) is 0 Å². The van der Waals surface area contributed by atoms with E-state index < -0.39 is 0 Å². The van der Waals surface area contributed by atoms with E-state index in [1.807, 2.05) is 0 Å². The molecule has 0 spiro atoms. The van der Waals surface area contributed by atoms with Gasteiger partial charge in [0, 0.05) is 6.07 Å². The molecule has 1 aliphatic heterocycles. The van der Waals surface area contributed by atoms with Crippen LogP contribution in [0.3, 0.4) is 0 Å². The van der Waals surface area contributed by atoms with Crippen molar-refractivity contribution in [1.29, 1.82) is 0 Å². The highest BCUT2D eigenvalue weighted by Gasteiger charge is 2.28. The van der Waals surface area contributed by atoms with Gasteiger partial charge in [-0.1, -0.05) is 12.1 Å². The van der Waals surface area contributed by atoms with Crippen LogP contribution >= 0.6 is 0 Å². The van der Waals surface area contributed by atoms with Crippen LogP contribution in [0.1, 0.15) is 0 Å². The van der Waals surface area contributed by atoms with E-state index in [0.29, 0.717) is 0 Å². The van der Waals surface area contributed by atoms with E-state index in [1.54, 1.807) is 0 Å². The van der Waals surface area contributed by atoms with Gasteiger partial charge in [0.2, 0.25) is 0 Å². The van der Waals surface area contributed by atoms with Gasteiger partial charge >= 0.3 is 0 Å². The highest BCUT2D eigenvalue weighted by Crippen LogP contribution is 2.33. The molecular formula is C9H13N2+. The van der Waals surface area contributed by atoms with Gasteiger partial charge < -0.3 is 5.32 Å². The first kappa shape index (κ1) is 6.68. The van der Waals surface area contributed by atoms with Crippen molar-refractivity contribution in [2.45, 2.75) is 0 Å². The third kappa shape index (κ3) is 0.906. The Morgan fingerprint density at radius 1 is 1.27 bits per heavy atom. The van der Waals surface area contributed by atoms with Gasteiger partial charge in [0.25, 0.3) is 0 Å². The summed E-state index contributed by atoms with van der Waals surface area (Å²) in [5.74, 6) is 0. The largest absolute Gasteiger partial charge is 0.334 e. The Bertz CT molecular complexity index is 279. The minimum atomic E-state index is 0.941. The zero-order valence-corrected chi connectivity index (χ0v) is 6.96. The molecule has 0 unspecified atom stereocenters. The number of quaternary nitrogens is 1. The summed E-state index contributed by atoms with van der Waals surface area (Å²) >= 11 is 0. The molecule has 0 aliphatic carbocycles. The molecule has 2 rings (SSSR count). The van der Waals surface area contributed by atoms with Gasteiger partial charge in [-0.05, 0) is 6.07 Å². The lowest BCUT2D eigenvalue weighted by molar-refractivity contribution is 0.448. The van der Waals surface area contributed by atoms with E-state index in [-0.39, 0.29) is 0 Å². The van der Waals surface area contributed by atoms with Crippen molar-refractivity contribution in [2.75, 3.05) is 26.1 Å². The van der Waals surface area contributed by atoms with Crippen LogP contribution in [0, 0.1) is 0 Å². The van der Waals surface area contributed by atoms with Crippen molar-refractivity contribution >= 4 is 11.4 Å². The van der Waals surface area contributed by atoms with Crippen molar-refractivity contribution in [3.05, 3.63) is 24.3 Å². The summed E-state index contributed by atoms with van der Waals surface area (Å²) in [5, 5.41) is 3.36. The number of hydrogen-bond acceptors (Lipinski definition) is 1. The van der Waals surface area contributed by atoms with E-state index >= 15 is 0 Å². The lowest BCUT2D eigenvalue weighted by Crippen LogP contribution is -2.39. The molecule has 0 saturated carbocycles. The summed E-state index contributed by atoms with van der Waals surface area (Å²) in [4.78, 5) is 0. The van der Waals surface area contributed by atoms with Gasteiger partial charge in [-0.25, -0.2) is 0 Å². The van der Waals surface area contributed by atoms with Gasteiger partial charge in [-0.3, -0.25) is 4.48 Å². The molecule has 0 radical (unpaired) electrons. The molecule has 0 atom stereocenters. The van der Waals surface area contributed by atoms with Gasteiger partial charge in [0.15, 0.2) is 12.4 Å². The standard InChI is InChI=1S/C9H13N2/c1-11(2)7-10-8-5-3-4-6-9(8)11/h3-6,10H,7H2,1-2H3/q+1. The van der Waals surface area contributed by atoms with Crippen LogP contribution in [0.2, 0.25) is 0 Å². The second kappa shape index (κ2) is 1.98. The van der Waals surface area contributed by atoms with Crippen LogP contribution in [0.5, 0.6) is 0 Å². The highest BCUT2D eigenvalue weighted by atomic mass is 15.4. The third-order valence-corrected chi connectivity index (χ3v) is 2.22. The Labute approximate surface area is 67.0 Å². The highest BCUT2D eigenvalue weighted by molar-refractivity contribution is 5.71. The Morgan fingerprint density at radius 3 is 2.73 bits per heavy atom. The van der Waals surface area contributed by atoms with Crippen LogP contribution < -0.4 is 9.80 Å². The molecule has 0 amide bonds. The van der Waals surface area contributed by atoms with Crippen LogP contribution in [-0.4, -0.2) is 20.8 Å². The molecule has 2 nitrogen and oxygen atoms in total. The fourth-order valence-electron chi connectivity index (χ4n) is 1.52. The van der Waals surface area contributed by atoms with Crippen molar-refractivity contribution in [1.82, 2.24) is 4.48 Å². The first-order valence-electron chi connectivity index (χ1n) is 3.87. The second-order valence-electron chi connectivity index (χ2n) is 3.54. The Morgan fingerprint density at radius 2 is 2.00 bits per heavy atom. The van der Waals surface area contributed by atoms with Gasteiger partial charge in [-0.15, -0.1) is 0 Å². The minimum absolute atomic E-state index is 0.941. The van der Waals surface area contributed by atoms with Crippen molar-refractivity contribution in [3.8, 4) is 0 Å². The maximum absolute atomic E-state index is 3.36. The van der Waals surface area contributed by atoms with E-state index in [4.69, 9.17) is 0 Å². The SMILES string of the molecule is C[N+]1(C)CNc2ccccc21. The molecule has 1 N–H and O–H groups in total. The number of para-hydroxylation sites is 2. The molecule has 58 valence electrons. The molecule has 1 aliphatic rings. The molecule has 1 aromatic carbocycles. The molecular weight excluding hydrogens is 136 g/mol. The van der Waals surface area contributed by atoms with E-state index in [2.05, 4.69) is 43.7 Å². The summed E-state index contributed by atoms with van der Waals surface area (Å²) in [7, 11) is 4.41. The summed E-state index contributed by atoms with van der Waals surface area (Å²) in [5.41, 5.74) is 2.66. The molecule has 1 heterocycles. The third-order valence-electron chi connectivity index (χ3n) is 2.22. The van der Waals surface area contributed by atoms with Gasteiger partial charge in [0.05, 0.1) is 14.1 Å². The maximum atomic E-state index is 3.36. The maximum Gasteiger partial charge on any atom is 0.157 e. The normalized spacial score (nSPS) is 19.1. The lowest BCUT2D eigenvalue weighted by atomic mass is 10.2. The number of anilines is 1. The average molecular weight is 149 g/mol. The van der Waals surface area contributed by atoms with Crippen LogP contribution in [0.15, 0.2) is 24.3 Å². The number of benzene rings is 1. The summed E-state index contributed by atoms with van der Waals surface area (Å²) in [6, 6.07) is 8.46.